The zero-order valence-corrected chi connectivity index (χ0v) is 16.5. The number of halogens is 1. The van der Waals surface area contributed by atoms with Crippen LogP contribution in [-0.2, 0) is 4.79 Å². The Kier molecular flexibility index (Phi) is 4.46. The molecule has 0 unspecified atom stereocenters. The van der Waals surface area contributed by atoms with Crippen LogP contribution in [0.5, 0.6) is 5.75 Å². The molecule has 0 fully saturated rings. The quantitative estimate of drug-likeness (QED) is 0.790. The van der Waals surface area contributed by atoms with Gasteiger partial charge in [0.05, 0.1) is 12.5 Å². The average molecular weight is 431 g/mol. The summed E-state index contributed by atoms with van der Waals surface area (Å²) in [4.78, 5) is 17.7. The summed E-state index contributed by atoms with van der Waals surface area (Å²) < 4.78 is 6.43. The summed E-state index contributed by atoms with van der Waals surface area (Å²) in [6.07, 6.45) is 1.37. The molecule has 4 rings (SSSR count). The highest BCUT2D eigenvalue weighted by atomic mass is 79.9. The maximum atomic E-state index is 12.8. The Morgan fingerprint density at radius 3 is 2.85 bits per heavy atom. The molecule has 0 radical (unpaired) electrons. The van der Waals surface area contributed by atoms with Crippen LogP contribution in [0.25, 0.3) is 5.70 Å². The van der Waals surface area contributed by atoms with Gasteiger partial charge >= 0.3 is 0 Å². The number of carbonyl (C=O) groups is 1. The molecule has 0 bridgehead atoms. The number of fused-ring (bicyclic) bond motifs is 2. The molecule has 0 spiro atoms. The number of rotatable bonds is 2. The molecule has 2 aliphatic heterocycles. The van der Waals surface area contributed by atoms with Gasteiger partial charge in [0.2, 0.25) is 0 Å². The summed E-state index contributed by atoms with van der Waals surface area (Å²) in [5.74, 6) is 0.498. The lowest BCUT2D eigenvalue weighted by Gasteiger charge is -2.34. The monoisotopic (exact) mass is 430 g/mol. The molecular formula is C18H15BrN4O2S. The summed E-state index contributed by atoms with van der Waals surface area (Å²) in [6.45, 7) is 0. The SMILES string of the molecule is COc1ccc(Br)cc1[C@H]1N=c2ccccc2=C2C(=O)NC(SC)=NN21. The van der Waals surface area contributed by atoms with E-state index < -0.39 is 6.17 Å². The number of methoxy groups -OCH3 is 1. The van der Waals surface area contributed by atoms with E-state index in [2.05, 4.69) is 26.3 Å². The maximum absolute atomic E-state index is 12.8. The Bertz CT molecular complexity index is 1050. The third kappa shape index (κ3) is 2.79. The molecule has 0 aromatic heterocycles. The molecule has 8 heteroatoms. The molecule has 0 saturated heterocycles. The largest absolute Gasteiger partial charge is 0.496 e. The molecule has 2 heterocycles. The van der Waals surface area contributed by atoms with Crippen molar-refractivity contribution in [1.82, 2.24) is 10.3 Å². The average Bonchev–Trinajstić information content (AvgIpc) is 2.66. The summed E-state index contributed by atoms with van der Waals surface area (Å²) in [7, 11) is 1.62. The normalized spacial score (nSPS) is 18.3. The maximum Gasteiger partial charge on any atom is 0.276 e. The second-order valence-electron chi connectivity index (χ2n) is 5.66. The molecule has 1 N–H and O–H groups in total. The number of ether oxygens (including phenoxy) is 1. The summed E-state index contributed by atoms with van der Waals surface area (Å²) in [5.41, 5.74) is 1.31. The van der Waals surface area contributed by atoms with Crippen LogP contribution in [0.2, 0.25) is 0 Å². The highest BCUT2D eigenvalue weighted by Crippen LogP contribution is 2.36. The van der Waals surface area contributed by atoms with Gasteiger partial charge in [-0.2, -0.15) is 0 Å². The van der Waals surface area contributed by atoms with E-state index in [0.29, 0.717) is 16.6 Å². The number of amides is 1. The highest BCUT2D eigenvalue weighted by Gasteiger charge is 2.35. The standard InChI is InChI=1S/C18H15BrN4O2S/c1-25-14-8-7-10(19)9-12(14)16-20-13-6-4-3-5-11(13)15-17(24)21-18(26-2)22-23(15)16/h3-9,16H,1-2H3,(H,21,22,24)/t16-/m0/s1. The third-order valence-electron chi connectivity index (χ3n) is 4.18. The first-order valence-corrected chi connectivity index (χ1v) is 9.88. The number of amidine groups is 1. The van der Waals surface area contributed by atoms with Crippen molar-refractivity contribution in [3.63, 3.8) is 0 Å². The number of thioether (sulfide) groups is 1. The fraction of sp³-hybridized carbons (Fsp3) is 0.167. The van der Waals surface area contributed by atoms with Crippen LogP contribution >= 0.6 is 27.7 Å². The van der Waals surface area contributed by atoms with Crippen molar-refractivity contribution in [3.05, 3.63) is 63.1 Å². The van der Waals surface area contributed by atoms with Crippen molar-refractivity contribution < 1.29 is 9.53 Å². The summed E-state index contributed by atoms with van der Waals surface area (Å²) in [5, 5.41) is 11.2. The van der Waals surface area contributed by atoms with Crippen LogP contribution in [0, 0.1) is 0 Å². The molecule has 2 aromatic carbocycles. The predicted octanol–water partition coefficient (Wildman–Crippen LogP) is 1.96. The lowest BCUT2D eigenvalue weighted by atomic mass is 10.1. The second kappa shape index (κ2) is 6.77. The minimum absolute atomic E-state index is 0.189. The number of nitrogens with one attached hydrogen (secondary N) is 1. The molecule has 0 saturated carbocycles. The van der Waals surface area contributed by atoms with Gasteiger partial charge in [-0.05, 0) is 30.5 Å². The fourth-order valence-electron chi connectivity index (χ4n) is 3.03. The van der Waals surface area contributed by atoms with Crippen molar-refractivity contribution in [1.29, 1.82) is 0 Å². The van der Waals surface area contributed by atoms with Crippen molar-refractivity contribution >= 4 is 44.5 Å². The number of hydrazone groups is 1. The Morgan fingerprint density at radius 1 is 1.27 bits per heavy atom. The van der Waals surface area contributed by atoms with Crippen molar-refractivity contribution in [2.75, 3.05) is 13.4 Å². The van der Waals surface area contributed by atoms with E-state index >= 15 is 0 Å². The van der Waals surface area contributed by atoms with E-state index in [1.807, 2.05) is 48.7 Å². The van der Waals surface area contributed by atoms with Gasteiger partial charge < -0.3 is 4.74 Å². The first-order valence-electron chi connectivity index (χ1n) is 7.86. The molecular weight excluding hydrogens is 416 g/mol. The van der Waals surface area contributed by atoms with Crippen LogP contribution in [0.1, 0.15) is 11.7 Å². The predicted molar refractivity (Wildman–Crippen MR) is 105 cm³/mol. The van der Waals surface area contributed by atoms with Crippen LogP contribution in [0.4, 0.5) is 0 Å². The minimum Gasteiger partial charge on any atom is -0.496 e. The van der Waals surface area contributed by atoms with E-state index in [-0.39, 0.29) is 5.91 Å². The number of para-hydroxylation sites is 1. The van der Waals surface area contributed by atoms with Gasteiger partial charge in [0.15, 0.2) is 11.3 Å². The van der Waals surface area contributed by atoms with Gasteiger partial charge in [-0.1, -0.05) is 45.9 Å². The smallest absolute Gasteiger partial charge is 0.276 e. The van der Waals surface area contributed by atoms with Gasteiger partial charge in [-0.25, -0.2) is 5.01 Å². The van der Waals surface area contributed by atoms with Crippen LogP contribution in [0.3, 0.4) is 0 Å². The Balaban J connectivity index is 2.01. The van der Waals surface area contributed by atoms with Gasteiger partial charge in [0, 0.05) is 15.3 Å². The third-order valence-corrected chi connectivity index (χ3v) is 5.24. The summed E-state index contributed by atoms with van der Waals surface area (Å²) >= 11 is 4.89. The van der Waals surface area contributed by atoms with Crippen LogP contribution in [-0.4, -0.2) is 29.4 Å². The molecule has 1 amide bonds. The minimum atomic E-state index is -0.499. The molecule has 6 nitrogen and oxygen atoms in total. The molecule has 2 aromatic rings. The van der Waals surface area contributed by atoms with Crippen molar-refractivity contribution in [2.45, 2.75) is 6.17 Å². The van der Waals surface area contributed by atoms with E-state index in [4.69, 9.17) is 9.73 Å². The number of nitrogens with zero attached hydrogens (tertiary/aromatic N) is 3. The van der Waals surface area contributed by atoms with Crippen molar-refractivity contribution in [2.24, 2.45) is 10.1 Å². The number of benzene rings is 2. The first kappa shape index (κ1) is 17.1. The van der Waals surface area contributed by atoms with Crippen LogP contribution < -0.4 is 20.6 Å². The van der Waals surface area contributed by atoms with E-state index in [1.165, 1.54) is 11.8 Å². The second-order valence-corrected chi connectivity index (χ2v) is 7.37. The topological polar surface area (TPSA) is 66.3 Å². The highest BCUT2D eigenvalue weighted by molar-refractivity contribution is 9.10. The van der Waals surface area contributed by atoms with E-state index in [0.717, 1.165) is 20.6 Å². The van der Waals surface area contributed by atoms with Crippen molar-refractivity contribution in [3.8, 4) is 5.75 Å². The molecule has 1 atom stereocenters. The molecule has 0 aliphatic carbocycles. The zero-order chi connectivity index (χ0) is 18.3. The molecule has 132 valence electrons. The number of hydrogen-bond donors (Lipinski definition) is 1. The fourth-order valence-corrected chi connectivity index (χ4v) is 3.77. The lowest BCUT2D eigenvalue weighted by Crippen LogP contribution is -2.50. The first-order chi connectivity index (χ1) is 12.6. The van der Waals surface area contributed by atoms with Crippen LogP contribution in [0.15, 0.2) is 57.0 Å². The van der Waals surface area contributed by atoms with Gasteiger partial charge in [0.1, 0.15) is 11.4 Å². The Labute approximate surface area is 162 Å². The number of hydrogen-bond acceptors (Lipinski definition) is 6. The lowest BCUT2D eigenvalue weighted by molar-refractivity contribution is -0.116. The zero-order valence-electron chi connectivity index (χ0n) is 14.1. The molecule has 26 heavy (non-hydrogen) atoms. The summed E-state index contributed by atoms with van der Waals surface area (Å²) in [6, 6.07) is 13.3. The Morgan fingerprint density at radius 2 is 2.08 bits per heavy atom. The Hall–Kier alpha value is -2.32. The van der Waals surface area contributed by atoms with E-state index in [1.54, 1.807) is 12.1 Å². The molecule has 2 aliphatic rings. The van der Waals surface area contributed by atoms with E-state index in [9.17, 15) is 4.79 Å². The van der Waals surface area contributed by atoms with Gasteiger partial charge in [0.25, 0.3) is 5.91 Å². The van der Waals surface area contributed by atoms with Gasteiger partial charge in [-0.15, -0.1) is 5.10 Å². The number of carbonyl (C=O) groups excluding carboxylic acids is 1. The van der Waals surface area contributed by atoms with Gasteiger partial charge in [-0.3, -0.25) is 15.1 Å².